The predicted octanol–water partition coefficient (Wildman–Crippen LogP) is 0.378. The second-order valence-corrected chi connectivity index (χ2v) is 5.47. The number of imide groups is 1. The third kappa shape index (κ3) is 4.12. The number of aliphatic hydroxyl groups is 1. The molecule has 0 saturated heterocycles. The van der Waals surface area contributed by atoms with E-state index in [0.29, 0.717) is 22.7 Å². The lowest BCUT2D eigenvalue weighted by atomic mass is 10.1. The molecule has 1 aliphatic heterocycles. The number of methoxy groups -OCH3 is 2. The zero-order valence-corrected chi connectivity index (χ0v) is 14.4. The van der Waals surface area contributed by atoms with Crippen molar-refractivity contribution < 1.29 is 34.1 Å². The second-order valence-electron chi connectivity index (χ2n) is 5.47. The van der Waals surface area contributed by atoms with Crippen molar-refractivity contribution in [2.45, 2.75) is 12.8 Å². The number of carboxylic acid groups (broad SMARTS) is 1. The summed E-state index contributed by atoms with van der Waals surface area (Å²) < 4.78 is 10.6. The first-order valence-corrected chi connectivity index (χ1v) is 7.83. The van der Waals surface area contributed by atoms with Crippen molar-refractivity contribution in [2.75, 3.05) is 32.7 Å². The minimum absolute atomic E-state index is 0.0554. The summed E-state index contributed by atoms with van der Waals surface area (Å²) in [5, 5.41) is 20.7. The maximum absolute atomic E-state index is 12.2. The van der Waals surface area contributed by atoms with Gasteiger partial charge in [-0.25, -0.2) is 0 Å². The Morgan fingerprint density at radius 3 is 2.54 bits per heavy atom. The highest BCUT2D eigenvalue weighted by atomic mass is 16.5. The van der Waals surface area contributed by atoms with Crippen LogP contribution in [0.5, 0.6) is 11.5 Å². The summed E-state index contributed by atoms with van der Waals surface area (Å²) >= 11 is 0. The van der Waals surface area contributed by atoms with Crippen LogP contribution in [0.1, 0.15) is 12.0 Å². The van der Waals surface area contributed by atoms with Crippen molar-refractivity contribution in [3.63, 3.8) is 0 Å². The summed E-state index contributed by atoms with van der Waals surface area (Å²) in [6, 6.07) is 3.22. The number of benzene rings is 1. The molecular formula is C17H20N2O7. The first kappa shape index (κ1) is 19.3. The van der Waals surface area contributed by atoms with Crippen LogP contribution in [0, 0.1) is 0 Å². The number of carbonyl (C=O) groups is 3. The van der Waals surface area contributed by atoms with Gasteiger partial charge in [0.15, 0.2) is 11.5 Å². The van der Waals surface area contributed by atoms with Gasteiger partial charge in [-0.15, -0.1) is 0 Å². The molecule has 1 aromatic rings. The third-order valence-electron chi connectivity index (χ3n) is 3.78. The molecule has 0 bridgehead atoms. The molecule has 1 aliphatic rings. The Bertz CT molecular complexity index is 758. The van der Waals surface area contributed by atoms with Gasteiger partial charge in [0.1, 0.15) is 5.70 Å². The van der Waals surface area contributed by atoms with E-state index in [9.17, 15) is 14.4 Å². The molecule has 26 heavy (non-hydrogen) atoms. The van der Waals surface area contributed by atoms with Gasteiger partial charge in [-0.3, -0.25) is 19.3 Å². The van der Waals surface area contributed by atoms with Crippen LogP contribution in [0.4, 0.5) is 5.69 Å². The van der Waals surface area contributed by atoms with Crippen LogP contribution in [0.3, 0.4) is 0 Å². The topological polar surface area (TPSA) is 125 Å². The summed E-state index contributed by atoms with van der Waals surface area (Å²) in [6.45, 7) is -0.413. The first-order valence-electron chi connectivity index (χ1n) is 7.83. The van der Waals surface area contributed by atoms with Crippen LogP contribution in [0.2, 0.25) is 0 Å². The van der Waals surface area contributed by atoms with E-state index in [2.05, 4.69) is 5.32 Å². The number of amides is 2. The highest BCUT2D eigenvalue weighted by Crippen LogP contribution is 2.36. The Labute approximate surface area is 149 Å². The third-order valence-corrected chi connectivity index (χ3v) is 3.78. The van der Waals surface area contributed by atoms with E-state index in [4.69, 9.17) is 19.7 Å². The molecule has 9 heteroatoms. The van der Waals surface area contributed by atoms with Crippen molar-refractivity contribution >= 4 is 23.5 Å². The Morgan fingerprint density at radius 1 is 1.23 bits per heavy atom. The van der Waals surface area contributed by atoms with Gasteiger partial charge in [-0.05, 0) is 12.5 Å². The highest BCUT2D eigenvalue weighted by molar-refractivity contribution is 6.17. The Hall–Kier alpha value is -3.07. The van der Waals surface area contributed by atoms with Gasteiger partial charge in [0.25, 0.3) is 11.8 Å². The number of ether oxygens (including phenoxy) is 2. The number of nitrogens with zero attached hydrogens (tertiary/aromatic N) is 1. The molecule has 0 saturated carbocycles. The molecule has 3 N–H and O–H groups in total. The predicted molar refractivity (Wildman–Crippen MR) is 91.0 cm³/mol. The van der Waals surface area contributed by atoms with Crippen LogP contribution in [0.25, 0.3) is 0 Å². The molecule has 1 heterocycles. The molecule has 1 aromatic carbocycles. The molecule has 2 amide bonds. The van der Waals surface area contributed by atoms with Gasteiger partial charge < -0.3 is 25.0 Å². The number of nitrogens with one attached hydrogen (secondary N) is 1. The van der Waals surface area contributed by atoms with Gasteiger partial charge in [0.05, 0.1) is 27.4 Å². The van der Waals surface area contributed by atoms with Gasteiger partial charge in [0, 0.05) is 29.8 Å². The van der Waals surface area contributed by atoms with Crippen molar-refractivity contribution in [2.24, 2.45) is 0 Å². The lowest BCUT2D eigenvalue weighted by Gasteiger charge is -2.17. The number of aryl methyl sites for hydroxylation is 1. The summed E-state index contributed by atoms with van der Waals surface area (Å²) in [6.07, 6.45) is 1.24. The minimum Gasteiger partial charge on any atom is -0.493 e. The van der Waals surface area contributed by atoms with Gasteiger partial charge in [0.2, 0.25) is 0 Å². The molecule has 0 spiro atoms. The number of carbonyl (C=O) groups excluding carboxylic acids is 2. The van der Waals surface area contributed by atoms with Crippen molar-refractivity contribution in [3.8, 4) is 11.5 Å². The summed E-state index contributed by atoms with van der Waals surface area (Å²) in [5.41, 5.74) is 1.09. The molecule has 140 valence electrons. The molecule has 0 radical (unpaired) electrons. The molecular weight excluding hydrogens is 344 g/mol. The van der Waals surface area contributed by atoms with Crippen molar-refractivity contribution in [3.05, 3.63) is 29.5 Å². The summed E-state index contributed by atoms with van der Waals surface area (Å²) in [4.78, 5) is 35.8. The van der Waals surface area contributed by atoms with E-state index in [0.717, 1.165) is 11.0 Å². The largest absolute Gasteiger partial charge is 0.493 e. The maximum atomic E-state index is 12.2. The van der Waals surface area contributed by atoms with Crippen LogP contribution < -0.4 is 14.8 Å². The Kier molecular flexibility index (Phi) is 6.18. The van der Waals surface area contributed by atoms with E-state index in [1.165, 1.54) is 14.2 Å². The van der Waals surface area contributed by atoms with Gasteiger partial charge in [-0.2, -0.15) is 0 Å². The Morgan fingerprint density at radius 2 is 1.96 bits per heavy atom. The molecule has 0 aromatic heterocycles. The van der Waals surface area contributed by atoms with Crippen LogP contribution >= 0.6 is 0 Å². The van der Waals surface area contributed by atoms with Crippen LogP contribution in [-0.4, -0.2) is 60.3 Å². The monoisotopic (exact) mass is 364 g/mol. The van der Waals surface area contributed by atoms with Crippen molar-refractivity contribution in [1.29, 1.82) is 0 Å². The van der Waals surface area contributed by atoms with Crippen molar-refractivity contribution in [1.82, 2.24) is 4.90 Å². The number of anilines is 1. The summed E-state index contributed by atoms with van der Waals surface area (Å²) in [7, 11) is 2.89. The zero-order valence-electron chi connectivity index (χ0n) is 14.4. The fourth-order valence-electron chi connectivity index (χ4n) is 2.61. The fourth-order valence-corrected chi connectivity index (χ4v) is 2.61. The molecule has 0 atom stereocenters. The summed E-state index contributed by atoms with van der Waals surface area (Å²) in [5.74, 6) is -1.25. The number of hydrogen-bond donors (Lipinski definition) is 3. The number of aliphatic hydroxyl groups excluding tert-OH is 1. The van der Waals surface area contributed by atoms with Gasteiger partial charge in [-0.1, -0.05) is 0 Å². The van der Waals surface area contributed by atoms with Crippen LogP contribution in [0.15, 0.2) is 23.9 Å². The normalized spacial score (nSPS) is 13.7. The van der Waals surface area contributed by atoms with E-state index in [1.54, 1.807) is 12.1 Å². The first-order chi connectivity index (χ1) is 12.4. The minimum atomic E-state index is -0.955. The average Bonchev–Trinajstić information content (AvgIpc) is 2.87. The van der Waals surface area contributed by atoms with E-state index < -0.39 is 17.8 Å². The number of rotatable bonds is 9. The second kappa shape index (κ2) is 8.34. The number of aliphatic carboxylic acids is 1. The Balaban J connectivity index is 2.30. The molecule has 0 unspecified atom stereocenters. The lowest BCUT2D eigenvalue weighted by molar-refractivity contribution is -0.138. The lowest BCUT2D eigenvalue weighted by Crippen LogP contribution is -2.34. The smallest absolute Gasteiger partial charge is 0.303 e. The molecule has 0 fully saturated rings. The zero-order chi connectivity index (χ0) is 19.3. The standard InChI is InChI=1S/C17H20N2O7/c1-25-13-8-11(7-10(16(13)26-2)3-4-15(22)23)18-12-9-14(21)19(5-6-20)17(12)24/h7-9,18,20H,3-6H2,1-2H3,(H,22,23). The fraction of sp³-hybridized carbons (Fsp3) is 0.353. The van der Waals surface area contributed by atoms with Crippen LogP contribution in [-0.2, 0) is 20.8 Å². The quantitative estimate of drug-likeness (QED) is 0.537. The van der Waals surface area contributed by atoms with E-state index in [-0.39, 0.29) is 31.7 Å². The maximum Gasteiger partial charge on any atom is 0.303 e. The number of hydrogen-bond acceptors (Lipinski definition) is 7. The molecule has 0 aliphatic carbocycles. The molecule has 9 nitrogen and oxygen atoms in total. The van der Waals surface area contributed by atoms with E-state index in [1.807, 2.05) is 0 Å². The highest BCUT2D eigenvalue weighted by Gasteiger charge is 2.30. The van der Waals surface area contributed by atoms with E-state index >= 15 is 0 Å². The number of β-amino-alcohol motifs (C(OH)–C–C–N with tert-alkyl or cyclic N) is 1. The average molecular weight is 364 g/mol. The SMILES string of the molecule is COc1cc(NC2=CC(=O)N(CCO)C2=O)cc(CCC(=O)O)c1OC. The number of carboxylic acids is 1. The molecule has 2 rings (SSSR count). The van der Waals surface area contributed by atoms with Gasteiger partial charge >= 0.3 is 5.97 Å².